The summed E-state index contributed by atoms with van der Waals surface area (Å²) in [7, 11) is 0. The number of hydrogen-bond acceptors (Lipinski definition) is 2. The van der Waals surface area contributed by atoms with Crippen LogP contribution in [-0.4, -0.2) is 4.99 Å². The van der Waals surface area contributed by atoms with E-state index in [4.69, 9.17) is 29.6 Å². The molecule has 0 amide bonds. The van der Waals surface area contributed by atoms with Gasteiger partial charge in [0.1, 0.15) is 10.8 Å². The lowest BCUT2D eigenvalue weighted by Crippen LogP contribution is -2.11. The third-order valence-electron chi connectivity index (χ3n) is 3.00. The standard InChI is InChI=1S/C15H14ClFN2S/c1-9(10-2-5-12(16)6-3-10)19-14-7-4-11(15(18)20)8-13(14)17/h2-9,19H,1H3,(H2,18,20). The molecule has 2 aromatic rings. The first-order valence-corrected chi connectivity index (χ1v) is 6.87. The number of halogens is 2. The molecule has 104 valence electrons. The Bertz CT molecular complexity index is 628. The van der Waals surface area contributed by atoms with Crippen LogP contribution in [0.5, 0.6) is 0 Å². The molecular weight excluding hydrogens is 295 g/mol. The molecule has 0 fully saturated rings. The van der Waals surface area contributed by atoms with E-state index in [1.165, 1.54) is 6.07 Å². The van der Waals surface area contributed by atoms with Crippen LogP contribution in [0.15, 0.2) is 42.5 Å². The lowest BCUT2D eigenvalue weighted by atomic mass is 10.1. The first-order valence-electron chi connectivity index (χ1n) is 6.08. The fourth-order valence-electron chi connectivity index (χ4n) is 1.85. The van der Waals surface area contributed by atoms with Gasteiger partial charge in [0.15, 0.2) is 0 Å². The number of thiocarbonyl (C=S) groups is 1. The normalized spacial score (nSPS) is 11.9. The minimum absolute atomic E-state index is 0.0440. The van der Waals surface area contributed by atoms with Gasteiger partial charge in [0.05, 0.1) is 5.69 Å². The summed E-state index contributed by atoms with van der Waals surface area (Å²) in [6.45, 7) is 1.95. The van der Waals surface area contributed by atoms with Gasteiger partial charge in [-0.3, -0.25) is 0 Å². The molecule has 2 nitrogen and oxygen atoms in total. The van der Waals surface area contributed by atoms with Crippen LogP contribution in [0.4, 0.5) is 10.1 Å². The van der Waals surface area contributed by atoms with Crippen molar-refractivity contribution in [3.8, 4) is 0 Å². The summed E-state index contributed by atoms with van der Waals surface area (Å²) in [5, 5.41) is 3.78. The maximum Gasteiger partial charge on any atom is 0.147 e. The fraction of sp³-hybridized carbons (Fsp3) is 0.133. The van der Waals surface area contributed by atoms with E-state index < -0.39 is 0 Å². The molecule has 0 aliphatic carbocycles. The molecule has 0 spiro atoms. The first-order chi connectivity index (χ1) is 9.47. The highest BCUT2D eigenvalue weighted by Gasteiger charge is 2.10. The topological polar surface area (TPSA) is 38.0 Å². The molecule has 2 rings (SSSR count). The summed E-state index contributed by atoms with van der Waals surface area (Å²) in [6.07, 6.45) is 0. The van der Waals surface area contributed by atoms with E-state index in [1.54, 1.807) is 24.3 Å². The van der Waals surface area contributed by atoms with Crippen molar-refractivity contribution in [1.29, 1.82) is 0 Å². The van der Waals surface area contributed by atoms with Crippen molar-refractivity contribution in [3.05, 3.63) is 64.4 Å². The van der Waals surface area contributed by atoms with Crippen LogP contribution in [0.1, 0.15) is 24.1 Å². The quantitative estimate of drug-likeness (QED) is 0.828. The molecule has 20 heavy (non-hydrogen) atoms. The highest BCUT2D eigenvalue weighted by molar-refractivity contribution is 7.80. The molecule has 5 heteroatoms. The SMILES string of the molecule is CC(Nc1ccc(C(N)=S)cc1F)c1ccc(Cl)cc1. The molecule has 0 bridgehead atoms. The van der Waals surface area contributed by atoms with E-state index in [-0.39, 0.29) is 16.8 Å². The second kappa shape index (κ2) is 6.20. The lowest BCUT2D eigenvalue weighted by Gasteiger charge is -2.16. The van der Waals surface area contributed by atoms with Gasteiger partial charge in [-0.2, -0.15) is 0 Å². The number of nitrogens with two attached hydrogens (primary N) is 1. The predicted octanol–water partition coefficient (Wildman–Crippen LogP) is 4.29. The van der Waals surface area contributed by atoms with E-state index in [9.17, 15) is 4.39 Å². The second-order valence-electron chi connectivity index (χ2n) is 4.48. The monoisotopic (exact) mass is 308 g/mol. The molecule has 1 unspecified atom stereocenters. The minimum atomic E-state index is -0.379. The maximum absolute atomic E-state index is 14.0. The van der Waals surface area contributed by atoms with Crippen LogP contribution in [0.25, 0.3) is 0 Å². The Morgan fingerprint density at radius 1 is 1.25 bits per heavy atom. The Labute approximate surface area is 127 Å². The number of hydrogen-bond donors (Lipinski definition) is 2. The minimum Gasteiger partial charge on any atom is -0.389 e. The molecule has 3 N–H and O–H groups in total. The molecular formula is C15H14ClFN2S. The summed E-state index contributed by atoms with van der Waals surface area (Å²) in [6, 6.07) is 12.0. The fourth-order valence-corrected chi connectivity index (χ4v) is 2.11. The van der Waals surface area contributed by atoms with Crippen molar-refractivity contribution in [2.24, 2.45) is 5.73 Å². The van der Waals surface area contributed by atoms with Crippen LogP contribution in [0, 0.1) is 5.82 Å². The summed E-state index contributed by atoms with van der Waals surface area (Å²) in [4.78, 5) is 0.182. The largest absolute Gasteiger partial charge is 0.389 e. The van der Waals surface area contributed by atoms with Crippen molar-refractivity contribution in [1.82, 2.24) is 0 Å². The molecule has 0 heterocycles. The first kappa shape index (κ1) is 14.8. The summed E-state index contributed by atoms with van der Waals surface area (Å²) in [5.41, 5.74) is 7.42. The Morgan fingerprint density at radius 2 is 1.90 bits per heavy atom. The van der Waals surface area contributed by atoms with Gasteiger partial charge in [-0.25, -0.2) is 4.39 Å². The predicted molar refractivity (Wildman–Crippen MR) is 85.8 cm³/mol. The van der Waals surface area contributed by atoms with Crippen molar-refractivity contribution < 1.29 is 4.39 Å². The third-order valence-corrected chi connectivity index (χ3v) is 3.48. The van der Waals surface area contributed by atoms with Gasteiger partial charge in [0.2, 0.25) is 0 Å². The molecule has 0 saturated heterocycles. The number of anilines is 1. The maximum atomic E-state index is 14.0. The zero-order valence-corrected chi connectivity index (χ0v) is 12.4. The van der Waals surface area contributed by atoms with Gasteiger partial charge < -0.3 is 11.1 Å². The molecule has 0 radical (unpaired) electrons. The highest BCUT2D eigenvalue weighted by Crippen LogP contribution is 2.23. The van der Waals surface area contributed by atoms with E-state index in [0.717, 1.165) is 5.56 Å². The molecule has 0 aromatic heterocycles. The molecule has 0 aliphatic rings. The van der Waals surface area contributed by atoms with Crippen LogP contribution >= 0.6 is 23.8 Å². The Morgan fingerprint density at radius 3 is 2.45 bits per heavy atom. The average molecular weight is 309 g/mol. The van der Waals surface area contributed by atoms with Crippen LogP contribution in [-0.2, 0) is 0 Å². The second-order valence-corrected chi connectivity index (χ2v) is 5.35. The summed E-state index contributed by atoms with van der Waals surface area (Å²) >= 11 is 10.7. The van der Waals surface area contributed by atoms with Gasteiger partial charge in [0, 0.05) is 16.6 Å². The molecule has 0 saturated carbocycles. The van der Waals surface area contributed by atoms with E-state index in [2.05, 4.69) is 5.32 Å². The smallest absolute Gasteiger partial charge is 0.147 e. The summed E-state index contributed by atoms with van der Waals surface area (Å²) in [5.74, 6) is -0.379. The van der Waals surface area contributed by atoms with Gasteiger partial charge in [-0.05, 0) is 42.8 Å². The molecule has 2 aromatic carbocycles. The van der Waals surface area contributed by atoms with Crippen molar-refractivity contribution in [3.63, 3.8) is 0 Å². The third kappa shape index (κ3) is 3.46. The Hall–Kier alpha value is -1.65. The lowest BCUT2D eigenvalue weighted by molar-refractivity contribution is 0.627. The van der Waals surface area contributed by atoms with Crippen molar-refractivity contribution in [2.75, 3.05) is 5.32 Å². The van der Waals surface area contributed by atoms with Gasteiger partial charge in [-0.15, -0.1) is 0 Å². The van der Waals surface area contributed by atoms with Crippen LogP contribution in [0.3, 0.4) is 0 Å². The average Bonchev–Trinajstić information content (AvgIpc) is 2.41. The van der Waals surface area contributed by atoms with Gasteiger partial charge >= 0.3 is 0 Å². The van der Waals surface area contributed by atoms with E-state index in [0.29, 0.717) is 16.3 Å². The Kier molecular flexibility index (Phi) is 4.57. The molecule has 0 aliphatic heterocycles. The van der Waals surface area contributed by atoms with Crippen molar-refractivity contribution >= 4 is 34.5 Å². The summed E-state index contributed by atoms with van der Waals surface area (Å²) < 4.78 is 14.0. The zero-order chi connectivity index (χ0) is 14.7. The molecule has 1 atom stereocenters. The number of benzene rings is 2. The van der Waals surface area contributed by atoms with Gasteiger partial charge in [-0.1, -0.05) is 36.0 Å². The number of rotatable bonds is 4. The van der Waals surface area contributed by atoms with Crippen molar-refractivity contribution in [2.45, 2.75) is 13.0 Å². The van der Waals surface area contributed by atoms with E-state index >= 15 is 0 Å². The number of nitrogens with one attached hydrogen (secondary N) is 1. The zero-order valence-electron chi connectivity index (χ0n) is 10.9. The van der Waals surface area contributed by atoms with Crippen LogP contribution < -0.4 is 11.1 Å². The Balaban J connectivity index is 2.17. The highest BCUT2D eigenvalue weighted by atomic mass is 35.5. The van der Waals surface area contributed by atoms with Crippen LogP contribution in [0.2, 0.25) is 5.02 Å². The van der Waals surface area contributed by atoms with E-state index in [1.807, 2.05) is 19.1 Å². The van der Waals surface area contributed by atoms with Gasteiger partial charge in [0.25, 0.3) is 0 Å².